The van der Waals surface area contributed by atoms with Gasteiger partial charge < -0.3 is 24.5 Å². The van der Waals surface area contributed by atoms with E-state index in [1.54, 1.807) is 31.2 Å². The summed E-state index contributed by atoms with van der Waals surface area (Å²) < 4.78 is 16.3. The van der Waals surface area contributed by atoms with E-state index in [-0.39, 0.29) is 18.4 Å². The van der Waals surface area contributed by atoms with Gasteiger partial charge in [-0.05, 0) is 53.8 Å². The molecule has 0 aliphatic carbocycles. The summed E-state index contributed by atoms with van der Waals surface area (Å²) >= 11 is 2.04. The predicted molar refractivity (Wildman–Crippen MR) is 99.7 cm³/mol. The largest absolute Gasteiger partial charge is 0.493 e. The first-order valence-electron chi connectivity index (χ1n) is 7.48. The van der Waals surface area contributed by atoms with Crippen molar-refractivity contribution in [1.29, 1.82) is 0 Å². The molecule has 0 saturated carbocycles. The maximum Gasteiger partial charge on any atom is 0.253 e. The number of hydrogen-bond acceptors (Lipinski definition) is 5. The van der Waals surface area contributed by atoms with Crippen molar-refractivity contribution in [1.82, 2.24) is 10.6 Å². The van der Waals surface area contributed by atoms with Crippen molar-refractivity contribution >= 4 is 34.4 Å². The fraction of sp³-hybridized carbons (Fsp3) is 0.294. The van der Waals surface area contributed by atoms with Crippen molar-refractivity contribution < 1.29 is 23.5 Å². The van der Waals surface area contributed by atoms with E-state index in [1.165, 1.54) is 20.5 Å². The lowest BCUT2D eigenvalue weighted by Gasteiger charge is -2.16. The van der Waals surface area contributed by atoms with E-state index < -0.39 is 6.04 Å². The number of nitrogens with one attached hydrogen (secondary N) is 2. The highest BCUT2D eigenvalue weighted by molar-refractivity contribution is 14.1. The predicted octanol–water partition coefficient (Wildman–Crippen LogP) is 2.34. The molecule has 0 radical (unpaired) electrons. The summed E-state index contributed by atoms with van der Waals surface area (Å²) in [4.78, 5) is 24.6. The van der Waals surface area contributed by atoms with Crippen LogP contribution in [0.15, 0.2) is 34.9 Å². The van der Waals surface area contributed by atoms with Gasteiger partial charge in [-0.3, -0.25) is 9.59 Å². The van der Waals surface area contributed by atoms with Gasteiger partial charge in [-0.25, -0.2) is 0 Å². The smallest absolute Gasteiger partial charge is 0.253 e. The second kappa shape index (κ2) is 8.75. The van der Waals surface area contributed by atoms with Crippen molar-refractivity contribution in [2.24, 2.45) is 0 Å². The lowest BCUT2D eigenvalue weighted by molar-refractivity contribution is -0.122. The average Bonchev–Trinajstić information content (AvgIpc) is 3.12. The van der Waals surface area contributed by atoms with E-state index in [2.05, 4.69) is 10.6 Å². The number of carbonyl (C=O) groups excluding carboxylic acids is 2. The van der Waals surface area contributed by atoms with Crippen LogP contribution in [0, 0.1) is 3.57 Å². The fourth-order valence-corrected chi connectivity index (χ4v) is 2.79. The average molecular weight is 458 g/mol. The highest BCUT2D eigenvalue weighted by Gasteiger charge is 2.20. The molecule has 7 nitrogen and oxygen atoms in total. The van der Waals surface area contributed by atoms with Crippen LogP contribution in [0.4, 0.5) is 0 Å². The van der Waals surface area contributed by atoms with Crippen molar-refractivity contribution in [3.8, 4) is 11.5 Å². The molecule has 1 atom stereocenters. The summed E-state index contributed by atoms with van der Waals surface area (Å²) in [7, 11) is 3.02. The summed E-state index contributed by atoms with van der Waals surface area (Å²) in [5.41, 5.74) is 0.406. The molecule has 1 heterocycles. The van der Waals surface area contributed by atoms with Crippen molar-refractivity contribution in [2.75, 3.05) is 14.2 Å². The molecule has 2 amide bonds. The molecule has 0 aliphatic rings. The minimum atomic E-state index is -0.702. The van der Waals surface area contributed by atoms with Gasteiger partial charge >= 0.3 is 0 Å². The van der Waals surface area contributed by atoms with Crippen LogP contribution in [-0.2, 0) is 11.3 Å². The van der Waals surface area contributed by atoms with Crippen LogP contribution in [-0.4, -0.2) is 32.1 Å². The number of halogens is 1. The Hall–Kier alpha value is -2.23. The fourth-order valence-electron chi connectivity index (χ4n) is 2.11. The van der Waals surface area contributed by atoms with E-state index in [9.17, 15) is 9.59 Å². The Bertz CT molecular complexity index is 746. The Morgan fingerprint density at radius 1 is 1.24 bits per heavy atom. The van der Waals surface area contributed by atoms with Gasteiger partial charge in [0.15, 0.2) is 11.5 Å². The lowest BCUT2D eigenvalue weighted by atomic mass is 10.1. The van der Waals surface area contributed by atoms with Crippen molar-refractivity contribution in [2.45, 2.75) is 19.5 Å². The topological polar surface area (TPSA) is 89.8 Å². The van der Waals surface area contributed by atoms with Gasteiger partial charge in [0.1, 0.15) is 11.8 Å². The molecule has 2 rings (SSSR count). The number of hydrogen-bond donors (Lipinski definition) is 2. The Labute approximate surface area is 159 Å². The molecule has 1 aromatic heterocycles. The SMILES string of the molecule is COc1cc(I)c(C(=O)NC(C)C(=O)NCc2ccco2)cc1OC. The van der Waals surface area contributed by atoms with Gasteiger partial charge in [0.05, 0.1) is 32.6 Å². The van der Waals surface area contributed by atoms with Gasteiger partial charge in [0.25, 0.3) is 5.91 Å². The Balaban J connectivity index is 2.01. The van der Waals surface area contributed by atoms with E-state index >= 15 is 0 Å². The summed E-state index contributed by atoms with van der Waals surface area (Å²) in [6.45, 7) is 1.88. The van der Waals surface area contributed by atoms with E-state index in [0.29, 0.717) is 26.4 Å². The zero-order valence-electron chi connectivity index (χ0n) is 14.1. The zero-order valence-corrected chi connectivity index (χ0v) is 16.2. The molecule has 0 fully saturated rings. The van der Waals surface area contributed by atoms with Crippen molar-refractivity contribution in [3.63, 3.8) is 0 Å². The quantitative estimate of drug-likeness (QED) is 0.622. The van der Waals surface area contributed by atoms with Gasteiger partial charge in [-0.1, -0.05) is 0 Å². The van der Waals surface area contributed by atoms with E-state index in [0.717, 1.165) is 0 Å². The number of furan rings is 1. The van der Waals surface area contributed by atoms with Gasteiger partial charge in [-0.2, -0.15) is 0 Å². The summed E-state index contributed by atoms with van der Waals surface area (Å²) in [6.07, 6.45) is 1.53. The minimum absolute atomic E-state index is 0.264. The molecule has 0 aliphatic heterocycles. The lowest BCUT2D eigenvalue weighted by Crippen LogP contribution is -2.44. The Morgan fingerprint density at radius 3 is 2.52 bits per heavy atom. The molecular formula is C17H19IN2O5. The van der Waals surface area contributed by atoms with Crippen LogP contribution in [0.5, 0.6) is 11.5 Å². The number of ether oxygens (including phenoxy) is 2. The Morgan fingerprint density at radius 2 is 1.92 bits per heavy atom. The summed E-state index contributed by atoms with van der Waals surface area (Å²) in [5.74, 6) is 0.947. The molecule has 8 heteroatoms. The molecular weight excluding hydrogens is 439 g/mol. The van der Waals surface area contributed by atoms with E-state index in [4.69, 9.17) is 13.9 Å². The maximum absolute atomic E-state index is 12.5. The normalized spacial score (nSPS) is 11.5. The molecule has 0 spiro atoms. The van der Waals surface area contributed by atoms with Crippen LogP contribution in [0.2, 0.25) is 0 Å². The number of amides is 2. The maximum atomic E-state index is 12.5. The molecule has 134 valence electrons. The van der Waals surface area contributed by atoms with Crippen LogP contribution >= 0.6 is 22.6 Å². The molecule has 0 saturated heterocycles. The number of rotatable bonds is 7. The first kappa shape index (κ1) is 19.1. The summed E-state index contributed by atoms with van der Waals surface area (Å²) in [5, 5.41) is 5.38. The van der Waals surface area contributed by atoms with Gasteiger partial charge in [-0.15, -0.1) is 0 Å². The highest BCUT2D eigenvalue weighted by Crippen LogP contribution is 2.31. The standard InChI is InChI=1S/C17H19IN2O5/c1-10(16(21)19-9-11-5-4-6-25-11)20-17(22)12-7-14(23-2)15(24-3)8-13(12)18/h4-8,10H,9H2,1-3H3,(H,19,21)(H,20,22). The molecule has 1 unspecified atom stereocenters. The van der Waals surface area contributed by atoms with Crippen LogP contribution in [0.1, 0.15) is 23.0 Å². The molecule has 0 bridgehead atoms. The second-order valence-electron chi connectivity index (χ2n) is 5.18. The summed E-state index contributed by atoms with van der Waals surface area (Å²) in [6, 6.07) is 6.09. The monoisotopic (exact) mass is 458 g/mol. The number of methoxy groups -OCH3 is 2. The van der Waals surface area contributed by atoms with Crippen LogP contribution in [0.25, 0.3) is 0 Å². The third-order valence-corrected chi connectivity index (χ3v) is 4.37. The van der Waals surface area contributed by atoms with Crippen LogP contribution in [0.3, 0.4) is 0 Å². The van der Waals surface area contributed by atoms with Gasteiger partial charge in [0, 0.05) is 3.57 Å². The second-order valence-corrected chi connectivity index (χ2v) is 6.34. The molecule has 2 aromatic rings. The highest BCUT2D eigenvalue weighted by atomic mass is 127. The molecule has 1 aromatic carbocycles. The Kier molecular flexibility index (Phi) is 6.68. The zero-order chi connectivity index (χ0) is 18.4. The third-order valence-electron chi connectivity index (χ3n) is 3.48. The first-order chi connectivity index (χ1) is 12.0. The first-order valence-corrected chi connectivity index (χ1v) is 8.56. The van der Waals surface area contributed by atoms with Gasteiger partial charge in [0.2, 0.25) is 5.91 Å². The third kappa shape index (κ3) is 4.88. The van der Waals surface area contributed by atoms with Crippen LogP contribution < -0.4 is 20.1 Å². The molecule has 25 heavy (non-hydrogen) atoms. The molecule has 2 N–H and O–H groups in total. The number of carbonyl (C=O) groups is 2. The minimum Gasteiger partial charge on any atom is -0.493 e. The number of benzene rings is 1. The van der Waals surface area contributed by atoms with Crippen molar-refractivity contribution in [3.05, 3.63) is 45.4 Å². The van der Waals surface area contributed by atoms with E-state index in [1.807, 2.05) is 22.6 Å².